The van der Waals surface area contributed by atoms with Crippen LogP contribution in [0.25, 0.3) is 10.1 Å². The summed E-state index contributed by atoms with van der Waals surface area (Å²) < 4.78 is 16.8. The summed E-state index contributed by atoms with van der Waals surface area (Å²) in [4.78, 5) is 16.2. The second-order valence-electron chi connectivity index (χ2n) is 4.26. The molecule has 2 aromatic rings. The largest absolute Gasteiger partial charge is 0.486 e. The van der Waals surface area contributed by atoms with Gasteiger partial charge in [-0.3, -0.25) is 4.98 Å². The monoisotopic (exact) mass is 279 g/mol. The molecule has 5 nitrogen and oxygen atoms in total. The standard InChI is InChI=1S/C13H13NO4S/c1-16-13(15)11-4-9-10(5-14-6-12(9)19-11)18-8-2-3-17-7-8/h4-6,8H,2-3,7H2,1H3. The molecule has 0 aromatic carbocycles. The van der Waals surface area contributed by atoms with E-state index in [1.165, 1.54) is 18.4 Å². The molecule has 0 amide bonds. The quantitative estimate of drug-likeness (QED) is 0.807. The molecule has 0 bridgehead atoms. The molecule has 1 saturated heterocycles. The van der Waals surface area contributed by atoms with Crippen LogP contribution in [0.3, 0.4) is 0 Å². The Balaban J connectivity index is 1.94. The molecule has 19 heavy (non-hydrogen) atoms. The SMILES string of the molecule is COC(=O)c1cc2c(OC3CCOC3)cncc2s1. The molecule has 1 aliphatic rings. The van der Waals surface area contributed by atoms with E-state index in [0.29, 0.717) is 17.2 Å². The summed E-state index contributed by atoms with van der Waals surface area (Å²) in [6.07, 6.45) is 4.34. The van der Waals surface area contributed by atoms with Crippen molar-refractivity contribution < 1.29 is 19.0 Å². The van der Waals surface area contributed by atoms with Gasteiger partial charge in [0.2, 0.25) is 0 Å². The summed E-state index contributed by atoms with van der Waals surface area (Å²) in [5.74, 6) is 0.357. The first-order valence-electron chi connectivity index (χ1n) is 5.98. The Morgan fingerprint density at radius 2 is 2.42 bits per heavy atom. The zero-order valence-corrected chi connectivity index (χ0v) is 11.2. The third-order valence-corrected chi connectivity index (χ3v) is 4.03. The number of fused-ring (bicyclic) bond motifs is 1. The maximum absolute atomic E-state index is 11.5. The van der Waals surface area contributed by atoms with E-state index < -0.39 is 0 Å². The van der Waals surface area contributed by atoms with Crippen molar-refractivity contribution in [3.05, 3.63) is 23.3 Å². The van der Waals surface area contributed by atoms with Crippen LogP contribution in [0.1, 0.15) is 16.1 Å². The van der Waals surface area contributed by atoms with Gasteiger partial charge in [-0.05, 0) is 6.07 Å². The number of methoxy groups -OCH3 is 1. The number of thiophene rings is 1. The highest BCUT2D eigenvalue weighted by molar-refractivity contribution is 7.20. The molecule has 3 heterocycles. The van der Waals surface area contributed by atoms with E-state index in [1.54, 1.807) is 18.5 Å². The van der Waals surface area contributed by atoms with E-state index in [-0.39, 0.29) is 12.1 Å². The summed E-state index contributed by atoms with van der Waals surface area (Å²) in [5.41, 5.74) is 0. The molecule has 6 heteroatoms. The molecule has 1 aliphatic heterocycles. The Labute approximate surface area is 114 Å². The average molecular weight is 279 g/mol. The van der Waals surface area contributed by atoms with E-state index >= 15 is 0 Å². The van der Waals surface area contributed by atoms with Crippen LogP contribution in [0, 0.1) is 0 Å². The van der Waals surface area contributed by atoms with Gasteiger partial charge in [-0.25, -0.2) is 4.79 Å². The molecule has 0 saturated carbocycles. The fourth-order valence-corrected chi connectivity index (χ4v) is 2.98. The van der Waals surface area contributed by atoms with E-state index in [4.69, 9.17) is 14.2 Å². The first-order valence-corrected chi connectivity index (χ1v) is 6.80. The predicted molar refractivity (Wildman–Crippen MR) is 70.8 cm³/mol. The van der Waals surface area contributed by atoms with E-state index in [9.17, 15) is 4.79 Å². The van der Waals surface area contributed by atoms with Crippen molar-refractivity contribution in [1.82, 2.24) is 4.98 Å². The Morgan fingerprint density at radius 3 is 3.16 bits per heavy atom. The summed E-state index contributed by atoms with van der Waals surface area (Å²) in [5, 5.41) is 0.896. The van der Waals surface area contributed by atoms with Crippen molar-refractivity contribution in [2.75, 3.05) is 20.3 Å². The minimum atomic E-state index is -0.337. The van der Waals surface area contributed by atoms with E-state index in [2.05, 4.69) is 4.98 Å². The summed E-state index contributed by atoms with van der Waals surface area (Å²) in [7, 11) is 1.37. The van der Waals surface area contributed by atoms with Crippen LogP contribution >= 0.6 is 11.3 Å². The Morgan fingerprint density at radius 1 is 1.53 bits per heavy atom. The predicted octanol–water partition coefficient (Wildman–Crippen LogP) is 2.25. The van der Waals surface area contributed by atoms with Crippen LogP contribution < -0.4 is 4.74 Å². The molecular weight excluding hydrogens is 266 g/mol. The number of pyridine rings is 1. The van der Waals surface area contributed by atoms with Crippen molar-refractivity contribution in [1.29, 1.82) is 0 Å². The fraction of sp³-hybridized carbons (Fsp3) is 0.385. The van der Waals surface area contributed by atoms with E-state index in [1.807, 2.05) is 0 Å². The average Bonchev–Trinajstić information content (AvgIpc) is 3.06. The number of rotatable bonds is 3. The molecular formula is C13H13NO4S. The van der Waals surface area contributed by atoms with Gasteiger partial charge in [0.15, 0.2) is 0 Å². The van der Waals surface area contributed by atoms with Gasteiger partial charge >= 0.3 is 5.97 Å². The van der Waals surface area contributed by atoms with Crippen molar-refractivity contribution >= 4 is 27.4 Å². The van der Waals surface area contributed by atoms with Crippen molar-refractivity contribution in [3.63, 3.8) is 0 Å². The molecule has 1 atom stereocenters. The van der Waals surface area contributed by atoms with Gasteiger partial charge < -0.3 is 14.2 Å². The topological polar surface area (TPSA) is 57.7 Å². The normalized spacial score (nSPS) is 18.7. The minimum Gasteiger partial charge on any atom is -0.486 e. The fourth-order valence-electron chi connectivity index (χ4n) is 2.02. The third-order valence-electron chi connectivity index (χ3n) is 2.98. The Hall–Kier alpha value is -1.66. The van der Waals surface area contributed by atoms with Crippen LogP contribution in [-0.4, -0.2) is 37.4 Å². The number of carbonyl (C=O) groups is 1. The molecule has 0 aliphatic carbocycles. The lowest BCUT2D eigenvalue weighted by molar-refractivity contribution is 0.0606. The molecule has 100 valence electrons. The van der Waals surface area contributed by atoms with Gasteiger partial charge in [-0.1, -0.05) is 0 Å². The molecule has 0 radical (unpaired) electrons. The van der Waals surface area contributed by atoms with Gasteiger partial charge in [0, 0.05) is 18.0 Å². The second-order valence-corrected chi connectivity index (χ2v) is 5.34. The lowest BCUT2D eigenvalue weighted by Crippen LogP contribution is -2.15. The molecule has 1 fully saturated rings. The molecule has 3 rings (SSSR count). The summed E-state index contributed by atoms with van der Waals surface area (Å²) in [6, 6.07) is 1.79. The zero-order chi connectivity index (χ0) is 13.2. The van der Waals surface area contributed by atoms with Crippen molar-refractivity contribution in [3.8, 4) is 5.75 Å². The van der Waals surface area contributed by atoms with Gasteiger partial charge in [-0.15, -0.1) is 11.3 Å². The summed E-state index contributed by atoms with van der Waals surface area (Å²) in [6.45, 7) is 1.33. The third kappa shape index (κ3) is 2.41. The lowest BCUT2D eigenvalue weighted by atomic mass is 10.2. The highest BCUT2D eigenvalue weighted by Crippen LogP contribution is 2.33. The number of nitrogens with zero attached hydrogens (tertiary/aromatic N) is 1. The van der Waals surface area contributed by atoms with E-state index in [0.717, 1.165) is 23.1 Å². The Kier molecular flexibility index (Phi) is 3.35. The van der Waals surface area contributed by atoms with Crippen molar-refractivity contribution in [2.24, 2.45) is 0 Å². The highest BCUT2D eigenvalue weighted by atomic mass is 32.1. The number of esters is 1. The molecule has 0 N–H and O–H groups in total. The zero-order valence-electron chi connectivity index (χ0n) is 10.4. The van der Waals surface area contributed by atoms with Crippen LogP contribution in [0.5, 0.6) is 5.75 Å². The second kappa shape index (κ2) is 5.14. The van der Waals surface area contributed by atoms with Crippen molar-refractivity contribution in [2.45, 2.75) is 12.5 Å². The van der Waals surface area contributed by atoms with Gasteiger partial charge in [0.05, 0.1) is 31.2 Å². The lowest BCUT2D eigenvalue weighted by Gasteiger charge is -2.11. The highest BCUT2D eigenvalue weighted by Gasteiger charge is 2.20. The number of hydrogen-bond acceptors (Lipinski definition) is 6. The first-order chi connectivity index (χ1) is 9.28. The number of carbonyl (C=O) groups excluding carboxylic acids is 1. The maximum Gasteiger partial charge on any atom is 0.348 e. The van der Waals surface area contributed by atoms with Gasteiger partial charge in [0.25, 0.3) is 0 Å². The number of ether oxygens (including phenoxy) is 3. The van der Waals surface area contributed by atoms with Crippen LogP contribution in [0.4, 0.5) is 0 Å². The number of aromatic nitrogens is 1. The molecule has 2 aromatic heterocycles. The van der Waals surface area contributed by atoms with Gasteiger partial charge in [-0.2, -0.15) is 0 Å². The van der Waals surface area contributed by atoms with Crippen LogP contribution in [-0.2, 0) is 9.47 Å². The smallest absolute Gasteiger partial charge is 0.348 e. The summed E-state index contributed by atoms with van der Waals surface area (Å²) >= 11 is 1.35. The first kappa shape index (κ1) is 12.4. The minimum absolute atomic E-state index is 0.0638. The molecule has 1 unspecified atom stereocenters. The van der Waals surface area contributed by atoms with Crippen LogP contribution in [0.2, 0.25) is 0 Å². The number of hydrogen-bond donors (Lipinski definition) is 0. The maximum atomic E-state index is 11.5. The van der Waals surface area contributed by atoms with Gasteiger partial charge in [0.1, 0.15) is 16.7 Å². The van der Waals surface area contributed by atoms with Crippen LogP contribution in [0.15, 0.2) is 18.5 Å². The molecule has 0 spiro atoms. The Bertz CT molecular complexity index is 604.